The van der Waals surface area contributed by atoms with Crippen LogP contribution in [0.4, 0.5) is 0 Å². The minimum absolute atomic E-state index is 0.244. The average Bonchev–Trinajstić information content (AvgIpc) is 2.82. The van der Waals surface area contributed by atoms with Crippen molar-refractivity contribution in [3.05, 3.63) is 0 Å². The van der Waals surface area contributed by atoms with E-state index in [9.17, 15) is 9.59 Å². The van der Waals surface area contributed by atoms with Gasteiger partial charge in [0.2, 0.25) is 11.8 Å². The van der Waals surface area contributed by atoms with Crippen LogP contribution >= 0.6 is 0 Å². The van der Waals surface area contributed by atoms with Gasteiger partial charge < -0.3 is 11.5 Å². The Kier molecular flexibility index (Phi) is 2.11. The van der Waals surface area contributed by atoms with Crippen molar-refractivity contribution < 1.29 is 9.59 Å². The average molecular weight is 236 g/mol. The minimum atomic E-state index is -0.317. The molecule has 0 aromatic carbocycles. The number of rotatable bonds is 3. The zero-order chi connectivity index (χ0) is 12.4. The fourth-order valence-corrected chi connectivity index (χ4v) is 5.25. The van der Waals surface area contributed by atoms with Crippen molar-refractivity contribution in [3.8, 4) is 0 Å². The second kappa shape index (κ2) is 3.24. The third-order valence-electron chi connectivity index (χ3n) is 5.77. The molecule has 5 unspecified atom stereocenters. The first-order valence-electron chi connectivity index (χ1n) is 6.62. The molecule has 3 fully saturated rings. The number of primary amides is 2. The topological polar surface area (TPSA) is 86.2 Å². The third-order valence-corrected chi connectivity index (χ3v) is 5.77. The SMILES string of the molecule is CCC1CC12C1CCC2C(C(N)=O)C1C(N)=O. The van der Waals surface area contributed by atoms with Crippen LogP contribution in [-0.4, -0.2) is 11.8 Å². The molecule has 3 aliphatic carbocycles. The Morgan fingerprint density at radius 1 is 1.12 bits per heavy atom. The van der Waals surface area contributed by atoms with Crippen molar-refractivity contribution in [2.24, 2.45) is 46.5 Å². The molecule has 4 N–H and O–H groups in total. The number of hydrogen-bond acceptors (Lipinski definition) is 2. The first kappa shape index (κ1) is 11.1. The van der Waals surface area contributed by atoms with E-state index in [-0.39, 0.29) is 29.1 Å². The summed E-state index contributed by atoms with van der Waals surface area (Å²) >= 11 is 0. The summed E-state index contributed by atoms with van der Waals surface area (Å²) in [7, 11) is 0. The third kappa shape index (κ3) is 1.14. The Bertz CT molecular complexity index is 365. The molecule has 0 aromatic rings. The lowest BCUT2D eigenvalue weighted by Crippen LogP contribution is -2.41. The van der Waals surface area contributed by atoms with Crippen LogP contribution in [0.2, 0.25) is 0 Å². The zero-order valence-electron chi connectivity index (χ0n) is 10.2. The molecule has 4 nitrogen and oxygen atoms in total. The van der Waals surface area contributed by atoms with Gasteiger partial charge in [-0.15, -0.1) is 0 Å². The molecule has 2 amide bonds. The van der Waals surface area contributed by atoms with Gasteiger partial charge in [0.1, 0.15) is 0 Å². The van der Waals surface area contributed by atoms with Gasteiger partial charge in [-0.3, -0.25) is 9.59 Å². The van der Waals surface area contributed by atoms with E-state index in [2.05, 4.69) is 6.92 Å². The van der Waals surface area contributed by atoms with E-state index in [1.165, 1.54) is 6.42 Å². The number of amides is 2. The van der Waals surface area contributed by atoms with Gasteiger partial charge in [0.25, 0.3) is 0 Å². The number of hydrogen-bond donors (Lipinski definition) is 2. The summed E-state index contributed by atoms with van der Waals surface area (Å²) in [5.74, 6) is 0.126. The highest BCUT2D eigenvalue weighted by Gasteiger charge is 2.74. The summed E-state index contributed by atoms with van der Waals surface area (Å²) < 4.78 is 0. The molecular weight excluding hydrogens is 216 g/mol. The normalized spacial score (nSPS) is 50.8. The molecule has 0 aliphatic heterocycles. The van der Waals surface area contributed by atoms with E-state index >= 15 is 0 Å². The second-order valence-electron chi connectivity index (χ2n) is 6.07. The second-order valence-corrected chi connectivity index (χ2v) is 6.07. The van der Waals surface area contributed by atoms with Gasteiger partial charge in [0.15, 0.2) is 0 Å². The van der Waals surface area contributed by atoms with Gasteiger partial charge in [-0.05, 0) is 42.4 Å². The first-order valence-corrected chi connectivity index (χ1v) is 6.62. The van der Waals surface area contributed by atoms with E-state index in [4.69, 9.17) is 11.5 Å². The summed E-state index contributed by atoms with van der Waals surface area (Å²) in [4.78, 5) is 23.3. The number of nitrogens with two attached hydrogens (primary N) is 2. The summed E-state index contributed by atoms with van der Waals surface area (Å²) in [6, 6.07) is 0. The van der Waals surface area contributed by atoms with Gasteiger partial charge in [-0.1, -0.05) is 13.3 Å². The Morgan fingerprint density at radius 3 is 1.88 bits per heavy atom. The van der Waals surface area contributed by atoms with Crippen LogP contribution < -0.4 is 11.5 Å². The first-order chi connectivity index (χ1) is 8.04. The van der Waals surface area contributed by atoms with E-state index in [1.807, 2.05) is 0 Å². The highest BCUT2D eigenvalue weighted by molar-refractivity contribution is 5.88. The van der Waals surface area contributed by atoms with Gasteiger partial charge in [0, 0.05) is 0 Å². The standard InChI is InChI=1S/C13H20N2O2/c1-2-6-5-13(6)7-3-4-8(13)10(12(15)17)9(7)11(14)16/h6-10H,2-5H2,1H3,(H2,14,16)(H2,15,17). The van der Waals surface area contributed by atoms with Crippen molar-refractivity contribution in [2.75, 3.05) is 0 Å². The highest BCUT2D eigenvalue weighted by atomic mass is 16.2. The lowest BCUT2D eigenvalue weighted by molar-refractivity contribution is -0.133. The van der Waals surface area contributed by atoms with Crippen molar-refractivity contribution in [3.63, 3.8) is 0 Å². The molecule has 3 rings (SSSR count). The molecule has 5 atom stereocenters. The molecule has 2 bridgehead atoms. The fourth-order valence-electron chi connectivity index (χ4n) is 5.25. The van der Waals surface area contributed by atoms with Crippen molar-refractivity contribution in [2.45, 2.75) is 32.6 Å². The zero-order valence-corrected chi connectivity index (χ0v) is 10.2. The fraction of sp³-hybridized carbons (Fsp3) is 0.846. The molecule has 1 spiro atoms. The Balaban J connectivity index is 1.98. The van der Waals surface area contributed by atoms with Crippen LogP contribution in [-0.2, 0) is 9.59 Å². The van der Waals surface area contributed by atoms with Gasteiger partial charge in [-0.2, -0.15) is 0 Å². The Morgan fingerprint density at radius 2 is 1.59 bits per heavy atom. The van der Waals surface area contributed by atoms with Gasteiger partial charge in [0.05, 0.1) is 11.8 Å². The van der Waals surface area contributed by atoms with Crippen LogP contribution in [0.15, 0.2) is 0 Å². The summed E-state index contributed by atoms with van der Waals surface area (Å²) in [5.41, 5.74) is 11.2. The summed E-state index contributed by atoms with van der Waals surface area (Å²) in [6.07, 6.45) is 4.42. The van der Waals surface area contributed by atoms with Crippen molar-refractivity contribution >= 4 is 11.8 Å². The number of carbonyl (C=O) groups excluding carboxylic acids is 2. The molecule has 94 valence electrons. The van der Waals surface area contributed by atoms with Crippen LogP contribution in [0.1, 0.15) is 32.6 Å². The van der Waals surface area contributed by atoms with Crippen molar-refractivity contribution in [1.82, 2.24) is 0 Å². The number of carbonyl (C=O) groups is 2. The van der Waals surface area contributed by atoms with Crippen LogP contribution in [0.5, 0.6) is 0 Å². The highest BCUT2D eigenvalue weighted by Crippen LogP contribution is 2.77. The lowest BCUT2D eigenvalue weighted by atomic mass is 9.78. The maximum Gasteiger partial charge on any atom is 0.221 e. The van der Waals surface area contributed by atoms with Crippen LogP contribution in [0.3, 0.4) is 0 Å². The monoisotopic (exact) mass is 236 g/mol. The maximum atomic E-state index is 11.6. The predicted molar refractivity (Wildman–Crippen MR) is 62.4 cm³/mol. The van der Waals surface area contributed by atoms with Crippen molar-refractivity contribution in [1.29, 1.82) is 0 Å². The van der Waals surface area contributed by atoms with Crippen LogP contribution in [0, 0.1) is 35.0 Å². The molecule has 3 aliphatic rings. The smallest absolute Gasteiger partial charge is 0.221 e. The minimum Gasteiger partial charge on any atom is -0.369 e. The molecule has 4 heteroatoms. The maximum absolute atomic E-state index is 11.6. The summed E-state index contributed by atoms with van der Waals surface area (Å²) in [5, 5.41) is 0. The molecule has 0 radical (unpaired) electrons. The Hall–Kier alpha value is -1.06. The van der Waals surface area contributed by atoms with E-state index < -0.39 is 0 Å². The molecule has 17 heavy (non-hydrogen) atoms. The largest absolute Gasteiger partial charge is 0.369 e. The van der Waals surface area contributed by atoms with E-state index in [1.54, 1.807) is 0 Å². The van der Waals surface area contributed by atoms with E-state index in [0.717, 1.165) is 19.3 Å². The van der Waals surface area contributed by atoms with Gasteiger partial charge in [-0.25, -0.2) is 0 Å². The molecular formula is C13H20N2O2. The lowest BCUT2D eigenvalue weighted by Gasteiger charge is -2.25. The molecule has 0 aromatic heterocycles. The Labute approximate surface area is 101 Å². The molecule has 3 saturated carbocycles. The van der Waals surface area contributed by atoms with E-state index in [0.29, 0.717) is 17.8 Å². The molecule has 0 heterocycles. The quantitative estimate of drug-likeness (QED) is 0.753. The summed E-state index contributed by atoms with van der Waals surface area (Å²) in [6.45, 7) is 2.19. The predicted octanol–water partition coefficient (Wildman–Crippen LogP) is 0.645. The molecule has 0 saturated heterocycles. The van der Waals surface area contributed by atoms with Crippen LogP contribution in [0.25, 0.3) is 0 Å². The van der Waals surface area contributed by atoms with Gasteiger partial charge >= 0.3 is 0 Å².